The summed E-state index contributed by atoms with van der Waals surface area (Å²) in [5, 5.41) is 7.66. The quantitative estimate of drug-likeness (QED) is 0.939. The number of aromatic nitrogens is 2. The van der Waals surface area contributed by atoms with E-state index in [0.717, 1.165) is 18.2 Å². The lowest BCUT2D eigenvalue weighted by atomic mass is 10.1. The number of aryl methyl sites for hydroxylation is 1. The first-order chi connectivity index (χ1) is 10.9. The predicted molar refractivity (Wildman–Crippen MR) is 82.1 cm³/mol. The third kappa shape index (κ3) is 3.67. The standard InChI is InChI=1S/C16H19F3N4/c1-22-8-6-12(21-22)10-20-13-7-9-23(11-13)15-5-3-2-4-14(15)16(17,18)19/h2-6,8,13,20H,7,9-11H2,1H3/t13-/m0/s1. The minimum Gasteiger partial charge on any atom is -0.369 e. The Morgan fingerprint density at radius 1 is 1.26 bits per heavy atom. The first-order valence-corrected chi connectivity index (χ1v) is 7.56. The zero-order valence-electron chi connectivity index (χ0n) is 12.8. The van der Waals surface area contributed by atoms with Crippen molar-refractivity contribution < 1.29 is 13.2 Å². The Bertz CT molecular complexity index is 665. The van der Waals surface area contributed by atoms with Crippen molar-refractivity contribution in [1.82, 2.24) is 15.1 Å². The summed E-state index contributed by atoms with van der Waals surface area (Å²) in [7, 11) is 1.86. The molecule has 1 aromatic carbocycles. The number of halogens is 3. The smallest absolute Gasteiger partial charge is 0.369 e. The zero-order chi connectivity index (χ0) is 16.4. The van der Waals surface area contributed by atoms with Crippen molar-refractivity contribution in [2.75, 3.05) is 18.0 Å². The van der Waals surface area contributed by atoms with E-state index in [1.165, 1.54) is 6.07 Å². The number of hydrogen-bond donors (Lipinski definition) is 1. The van der Waals surface area contributed by atoms with Crippen LogP contribution in [-0.4, -0.2) is 28.9 Å². The summed E-state index contributed by atoms with van der Waals surface area (Å²) in [5.41, 5.74) is 0.633. The number of nitrogens with one attached hydrogen (secondary N) is 1. The van der Waals surface area contributed by atoms with E-state index in [1.807, 2.05) is 19.3 Å². The van der Waals surface area contributed by atoms with Crippen molar-refractivity contribution in [2.45, 2.75) is 25.2 Å². The molecule has 1 aromatic heterocycles. The Labute approximate surface area is 132 Å². The van der Waals surface area contributed by atoms with Crippen LogP contribution < -0.4 is 10.2 Å². The normalized spacial score (nSPS) is 18.6. The van der Waals surface area contributed by atoms with Gasteiger partial charge in [-0.2, -0.15) is 18.3 Å². The lowest BCUT2D eigenvalue weighted by Crippen LogP contribution is -2.32. The molecule has 0 unspecified atom stereocenters. The molecule has 0 saturated carbocycles. The van der Waals surface area contributed by atoms with E-state index < -0.39 is 11.7 Å². The highest BCUT2D eigenvalue weighted by atomic mass is 19.4. The second-order valence-corrected chi connectivity index (χ2v) is 5.81. The number of para-hydroxylation sites is 1. The molecule has 1 atom stereocenters. The first-order valence-electron chi connectivity index (χ1n) is 7.56. The summed E-state index contributed by atoms with van der Waals surface area (Å²) in [6.07, 6.45) is -1.63. The van der Waals surface area contributed by atoms with Crippen molar-refractivity contribution in [3.8, 4) is 0 Å². The fourth-order valence-corrected chi connectivity index (χ4v) is 2.94. The number of alkyl halides is 3. The molecule has 1 aliphatic rings. The number of anilines is 1. The van der Waals surface area contributed by atoms with Gasteiger partial charge in [0, 0.05) is 44.6 Å². The Morgan fingerprint density at radius 2 is 2.04 bits per heavy atom. The molecule has 124 valence electrons. The van der Waals surface area contributed by atoms with Crippen LogP contribution in [0.5, 0.6) is 0 Å². The summed E-state index contributed by atoms with van der Waals surface area (Å²) in [6.45, 7) is 1.81. The maximum Gasteiger partial charge on any atom is 0.418 e. The van der Waals surface area contributed by atoms with Gasteiger partial charge in [-0.25, -0.2) is 0 Å². The van der Waals surface area contributed by atoms with E-state index in [1.54, 1.807) is 21.7 Å². The molecule has 4 nitrogen and oxygen atoms in total. The molecule has 2 heterocycles. The van der Waals surface area contributed by atoms with Crippen molar-refractivity contribution in [2.24, 2.45) is 7.05 Å². The van der Waals surface area contributed by atoms with Gasteiger partial charge >= 0.3 is 6.18 Å². The second-order valence-electron chi connectivity index (χ2n) is 5.81. The molecule has 0 radical (unpaired) electrons. The number of benzene rings is 1. The molecule has 1 aliphatic heterocycles. The Kier molecular flexibility index (Phi) is 4.30. The van der Waals surface area contributed by atoms with E-state index in [4.69, 9.17) is 0 Å². The zero-order valence-corrected chi connectivity index (χ0v) is 12.8. The molecule has 1 saturated heterocycles. The highest BCUT2D eigenvalue weighted by molar-refractivity contribution is 5.55. The summed E-state index contributed by atoms with van der Waals surface area (Å²) in [5.74, 6) is 0. The average Bonchev–Trinajstić information content (AvgIpc) is 3.13. The van der Waals surface area contributed by atoms with Gasteiger partial charge in [0.25, 0.3) is 0 Å². The number of rotatable bonds is 4. The van der Waals surface area contributed by atoms with Gasteiger partial charge < -0.3 is 10.2 Å². The summed E-state index contributed by atoms with van der Waals surface area (Å²) < 4.78 is 41.1. The SMILES string of the molecule is Cn1ccc(CN[C@H]2CCN(c3ccccc3C(F)(F)F)C2)n1. The maximum atomic E-state index is 13.1. The third-order valence-corrected chi connectivity index (χ3v) is 4.08. The van der Waals surface area contributed by atoms with Crippen LogP contribution in [0.4, 0.5) is 18.9 Å². The van der Waals surface area contributed by atoms with E-state index in [0.29, 0.717) is 19.6 Å². The Hall–Kier alpha value is -2.02. The molecule has 1 N–H and O–H groups in total. The van der Waals surface area contributed by atoms with E-state index in [2.05, 4.69) is 10.4 Å². The van der Waals surface area contributed by atoms with Gasteiger partial charge in [-0.3, -0.25) is 4.68 Å². The molecular formula is C16H19F3N4. The Morgan fingerprint density at radius 3 is 2.74 bits per heavy atom. The van der Waals surface area contributed by atoms with E-state index >= 15 is 0 Å². The van der Waals surface area contributed by atoms with Gasteiger partial charge in [0.2, 0.25) is 0 Å². The van der Waals surface area contributed by atoms with Crippen LogP contribution >= 0.6 is 0 Å². The van der Waals surface area contributed by atoms with Crippen LogP contribution in [0.1, 0.15) is 17.7 Å². The van der Waals surface area contributed by atoms with Crippen LogP contribution in [0.25, 0.3) is 0 Å². The van der Waals surface area contributed by atoms with Gasteiger partial charge in [0.05, 0.1) is 11.3 Å². The van der Waals surface area contributed by atoms with Crippen molar-refractivity contribution >= 4 is 5.69 Å². The fourth-order valence-electron chi connectivity index (χ4n) is 2.94. The monoisotopic (exact) mass is 324 g/mol. The number of nitrogens with zero attached hydrogens (tertiary/aromatic N) is 3. The lowest BCUT2D eigenvalue weighted by molar-refractivity contribution is -0.137. The van der Waals surface area contributed by atoms with Crippen molar-refractivity contribution in [3.05, 3.63) is 47.8 Å². The molecule has 2 aromatic rings. The predicted octanol–water partition coefficient (Wildman–Crippen LogP) is 2.81. The Balaban J connectivity index is 1.64. The number of hydrogen-bond acceptors (Lipinski definition) is 3. The minimum absolute atomic E-state index is 0.165. The molecule has 23 heavy (non-hydrogen) atoms. The highest BCUT2D eigenvalue weighted by Gasteiger charge is 2.36. The lowest BCUT2D eigenvalue weighted by Gasteiger charge is -2.23. The van der Waals surface area contributed by atoms with E-state index in [9.17, 15) is 13.2 Å². The third-order valence-electron chi connectivity index (χ3n) is 4.08. The van der Waals surface area contributed by atoms with Crippen molar-refractivity contribution in [3.63, 3.8) is 0 Å². The molecule has 0 spiro atoms. The molecule has 0 bridgehead atoms. The van der Waals surface area contributed by atoms with Crippen LogP contribution in [0.15, 0.2) is 36.5 Å². The molecule has 0 amide bonds. The van der Waals surface area contributed by atoms with E-state index in [-0.39, 0.29) is 11.7 Å². The topological polar surface area (TPSA) is 33.1 Å². The first kappa shape index (κ1) is 15.9. The van der Waals surface area contributed by atoms with Gasteiger partial charge in [-0.05, 0) is 24.6 Å². The molecule has 1 fully saturated rings. The highest BCUT2D eigenvalue weighted by Crippen LogP contribution is 2.37. The van der Waals surface area contributed by atoms with Crippen LogP contribution in [0.3, 0.4) is 0 Å². The molecular weight excluding hydrogens is 305 g/mol. The fraction of sp³-hybridized carbons (Fsp3) is 0.438. The van der Waals surface area contributed by atoms with Crippen LogP contribution in [-0.2, 0) is 19.8 Å². The van der Waals surface area contributed by atoms with Gasteiger partial charge in [-0.1, -0.05) is 12.1 Å². The molecule has 7 heteroatoms. The maximum absolute atomic E-state index is 13.1. The molecule has 0 aliphatic carbocycles. The van der Waals surface area contributed by atoms with Crippen LogP contribution in [0, 0.1) is 0 Å². The van der Waals surface area contributed by atoms with Gasteiger partial charge in [0.1, 0.15) is 0 Å². The van der Waals surface area contributed by atoms with Crippen LogP contribution in [0.2, 0.25) is 0 Å². The largest absolute Gasteiger partial charge is 0.418 e. The second kappa shape index (κ2) is 6.23. The molecule has 3 rings (SSSR count). The summed E-state index contributed by atoms with van der Waals surface area (Å²) in [4.78, 5) is 1.80. The van der Waals surface area contributed by atoms with Crippen molar-refractivity contribution in [1.29, 1.82) is 0 Å². The average molecular weight is 324 g/mol. The minimum atomic E-state index is -4.32. The van der Waals surface area contributed by atoms with Gasteiger partial charge in [0.15, 0.2) is 0 Å². The summed E-state index contributed by atoms with van der Waals surface area (Å²) in [6, 6.07) is 7.86. The summed E-state index contributed by atoms with van der Waals surface area (Å²) >= 11 is 0. The van der Waals surface area contributed by atoms with Gasteiger partial charge in [-0.15, -0.1) is 0 Å².